The molecular formula is C18H15N3O4. The number of nitro benzene ring substituents is 1. The number of ether oxygens (including phenoxy) is 1. The maximum atomic E-state index is 12.4. The minimum atomic E-state index is -0.496. The lowest BCUT2D eigenvalue weighted by molar-refractivity contribution is -0.384. The molecule has 2 aromatic carbocycles. The van der Waals surface area contributed by atoms with E-state index < -0.39 is 10.7 Å². The second-order valence-electron chi connectivity index (χ2n) is 5.33. The van der Waals surface area contributed by atoms with Crippen molar-refractivity contribution in [2.75, 3.05) is 14.1 Å². The van der Waals surface area contributed by atoms with Gasteiger partial charge in [0.2, 0.25) is 5.78 Å². The number of Topliss-reactive ketones (excluding diaryl/α,β-unsaturated/α-hetero) is 1. The molecule has 0 aliphatic heterocycles. The highest BCUT2D eigenvalue weighted by atomic mass is 16.6. The quantitative estimate of drug-likeness (QED) is 0.263. The Hall–Kier alpha value is -3.66. The third-order valence-corrected chi connectivity index (χ3v) is 3.13. The minimum absolute atomic E-state index is 0.0116. The van der Waals surface area contributed by atoms with Crippen molar-refractivity contribution in [3.8, 4) is 17.6 Å². The second-order valence-corrected chi connectivity index (χ2v) is 5.33. The minimum Gasteiger partial charge on any atom is -0.457 e. The number of nitriles is 1. The van der Waals surface area contributed by atoms with Gasteiger partial charge in [-0.25, -0.2) is 0 Å². The first-order chi connectivity index (χ1) is 11.9. The van der Waals surface area contributed by atoms with Crippen molar-refractivity contribution in [1.29, 1.82) is 5.26 Å². The fourth-order valence-electron chi connectivity index (χ4n) is 2.02. The number of carbonyl (C=O) groups is 1. The summed E-state index contributed by atoms with van der Waals surface area (Å²) >= 11 is 0. The third-order valence-electron chi connectivity index (χ3n) is 3.13. The fourth-order valence-corrected chi connectivity index (χ4v) is 2.02. The van der Waals surface area contributed by atoms with Gasteiger partial charge in [0, 0.05) is 38.0 Å². The highest BCUT2D eigenvalue weighted by Crippen LogP contribution is 2.25. The van der Waals surface area contributed by atoms with Crippen molar-refractivity contribution < 1.29 is 14.5 Å². The zero-order chi connectivity index (χ0) is 18.4. The average Bonchev–Trinajstić information content (AvgIpc) is 2.59. The molecular weight excluding hydrogens is 322 g/mol. The zero-order valence-electron chi connectivity index (χ0n) is 13.7. The summed E-state index contributed by atoms with van der Waals surface area (Å²) in [5.41, 5.74) is 0.287. The average molecular weight is 337 g/mol. The van der Waals surface area contributed by atoms with E-state index in [-0.39, 0.29) is 11.3 Å². The van der Waals surface area contributed by atoms with E-state index in [2.05, 4.69) is 0 Å². The van der Waals surface area contributed by atoms with E-state index in [1.165, 1.54) is 36.5 Å². The molecule has 2 rings (SSSR count). The molecule has 25 heavy (non-hydrogen) atoms. The number of nitro groups is 1. The molecule has 0 aromatic heterocycles. The Kier molecular flexibility index (Phi) is 5.48. The summed E-state index contributed by atoms with van der Waals surface area (Å²) in [5.74, 6) is 0.381. The van der Waals surface area contributed by atoms with Crippen molar-refractivity contribution in [3.05, 3.63) is 76.0 Å². The second kappa shape index (κ2) is 7.75. The van der Waals surface area contributed by atoms with Crippen molar-refractivity contribution in [2.24, 2.45) is 0 Å². The van der Waals surface area contributed by atoms with Gasteiger partial charge in [-0.1, -0.05) is 12.1 Å². The number of benzene rings is 2. The van der Waals surface area contributed by atoms with E-state index in [1.807, 2.05) is 6.07 Å². The molecule has 0 aliphatic rings. The Balaban J connectivity index is 2.22. The Bertz CT molecular complexity index is 865. The van der Waals surface area contributed by atoms with Crippen LogP contribution in [0.4, 0.5) is 5.69 Å². The summed E-state index contributed by atoms with van der Waals surface area (Å²) in [6.07, 6.45) is 1.45. The molecule has 2 aromatic rings. The zero-order valence-corrected chi connectivity index (χ0v) is 13.7. The number of nitrogens with zero attached hydrogens (tertiary/aromatic N) is 3. The highest BCUT2D eigenvalue weighted by molar-refractivity contribution is 6.11. The maximum Gasteiger partial charge on any atom is 0.269 e. The molecule has 0 saturated heterocycles. The number of hydrogen-bond acceptors (Lipinski definition) is 6. The SMILES string of the molecule is CN(C)C=C(C#N)C(=O)c1cccc(Oc2ccc([N+](=O)[O-])cc2)c1. The van der Waals surface area contributed by atoms with Gasteiger partial charge in [-0.05, 0) is 24.3 Å². The first kappa shape index (κ1) is 17.7. The van der Waals surface area contributed by atoms with E-state index >= 15 is 0 Å². The lowest BCUT2D eigenvalue weighted by Crippen LogP contribution is -2.08. The Labute approximate surface area is 144 Å². The normalized spacial score (nSPS) is 10.7. The molecule has 0 spiro atoms. The molecule has 0 N–H and O–H groups in total. The third kappa shape index (κ3) is 4.65. The van der Waals surface area contributed by atoms with Crippen molar-refractivity contribution in [2.45, 2.75) is 0 Å². The number of hydrogen-bond donors (Lipinski definition) is 0. The molecule has 0 saturated carbocycles. The van der Waals surface area contributed by atoms with E-state index in [1.54, 1.807) is 37.2 Å². The van der Waals surface area contributed by atoms with Gasteiger partial charge < -0.3 is 9.64 Å². The molecule has 0 unspecified atom stereocenters. The molecule has 0 radical (unpaired) electrons. The summed E-state index contributed by atoms with van der Waals surface area (Å²) in [7, 11) is 3.44. The van der Waals surface area contributed by atoms with Crippen LogP contribution in [0.1, 0.15) is 10.4 Å². The van der Waals surface area contributed by atoms with Gasteiger partial charge in [0.1, 0.15) is 23.1 Å². The predicted molar refractivity (Wildman–Crippen MR) is 91.3 cm³/mol. The lowest BCUT2D eigenvalue weighted by Gasteiger charge is -2.08. The van der Waals surface area contributed by atoms with Crippen molar-refractivity contribution in [1.82, 2.24) is 4.90 Å². The summed E-state index contributed by atoms with van der Waals surface area (Å²) in [6, 6.07) is 13.9. The van der Waals surface area contributed by atoms with Crippen LogP contribution < -0.4 is 4.74 Å². The van der Waals surface area contributed by atoms with Gasteiger partial charge in [-0.2, -0.15) is 5.26 Å². The topological polar surface area (TPSA) is 96.5 Å². The number of allylic oxidation sites excluding steroid dienone is 1. The van der Waals surface area contributed by atoms with Gasteiger partial charge in [0.05, 0.1) is 4.92 Å². The first-order valence-corrected chi connectivity index (χ1v) is 7.26. The number of carbonyl (C=O) groups excluding carboxylic acids is 1. The predicted octanol–water partition coefficient (Wildman–Crippen LogP) is 3.54. The van der Waals surface area contributed by atoms with Gasteiger partial charge in [-0.15, -0.1) is 0 Å². The summed E-state index contributed by atoms with van der Waals surface area (Å²) < 4.78 is 5.61. The van der Waals surface area contributed by atoms with Crippen molar-refractivity contribution in [3.63, 3.8) is 0 Å². The Morgan fingerprint density at radius 2 is 1.88 bits per heavy atom. The van der Waals surface area contributed by atoms with Crippen LogP contribution in [0.2, 0.25) is 0 Å². The van der Waals surface area contributed by atoms with E-state index in [0.717, 1.165) is 0 Å². The van der Waals surface area contributed by atoms with E-state index in [4.69, 9.17) is 10.00 Å². The monoisotopic (exact) mass is 337 g/mol. The fraction of sp³-hybridized carbons (Fsp3) is 0.111. The van der Waals surface area contributed by atoms with Crippen LogP contribution in [0.5, 0.6) is 11.5 Å². The van der Waals surface area contributed by atoms with E-state index in [0.29, 0.717) is 17.1 Å². The smallest absolute Gasteiger partial charge is 0.269 e. The lowest BCUT2D eigenvalue weighted by atomic mass is 10.0. The number of non-ortho nitro benzene ring substituents is 1. The van der Waals surface area contributed by atoms with Crippen LogP contribution >= 0.6 is 0 Å². The van der Waals surface area contributed by atoms with Crippen LogP contribution in [0, 0.1) is 21.4 Å². The van der Waals surface area contributed by atoms with Gasteiger partial charge in [-0.3, -0.25) is 14.9 Å². The molecule has 0 fully saturated rings. The van der Waals surface area contributed by atoms with Gasteiger partial charge >= 0.3 is 0 Å². The maximum absolute atomic E-state index is 12.4. The molecule has 0 amide bonds. The highest BCUT2D eigenvalue weighted by Gasteiger charge is 2.13. The van der Waals surface area contributed by atoms with E-state index in [9.17, 15) is 14.9 Å². The molecule has 0 atom stereocenters. The molecule has 0 aliphatic carbocycles. The van der Waals surface area contributed by atoms with Gasteiger partial charge in [0.15, 0.2) is 0 Å². The molecule has 7 heteroatoms. The molecule has 0 bridgehead atoms. The van der Waals surface area contributed by atoms with Crippen LogP contribution in [0.15, 0.2) is 60.3 Å². The number of rotatable bonds is 6. The molecule has 0 heterocycles. The summed E-state index contributed by atoms with van der Waals surface area (Å²) in [6.45, 7) is 0. The summed E-state index contributed by atoms with van der Waals surface area (Å²) in [4.78, 5) is 24.2. The summed E-state index contributed by atoms with van der Waals surface area (Å²) in [5, 5.41) is 19.8. The van der Waals surface area contributed by atoms with Crippen LogP contribution in [0.3, 0.4) is 0 Å². The standard InChI is InChI=1S/C18H15N3O4/c1-20(2)12-14(11-19)18(22)13-4-3-5-17(10-13)25-16-8-6-15(7-9-16)21(23)24/h3-10,12H,1-2H3. The van der Waals surface area contributed by atoms with Crippen LogP contribution in [0.25, 0.3) is 0 Å². The number of ketones is 1. The largest absolute Gasteiger partial charge is 0.457 e. The van der Waals surface area contributed by atoms with Crippen LogP contribution in [-0.4, -0.2) is 29.7 Å². The molecule has 7 nitrogen and oxygen atoms in total. The van der Waals surface area contributed by atoms with Crippen LogP contribution in [-0.2, 0) is 0 Å². The van der Waals surface area contributed by atoms with Crippen molar-refractivity contribution >= 4 is 11.5 Å². The molecule has 126 valence electrons. The first-order valence-electron chi connectivity index (χ1n) is 7.26. The Morgan fingerprint density at radius 3 is 2.44 bits per heavy atom. The van der Waals surface area contributed by atoms with Gasteiger partial charge in [0.25, 0.3) is 5.69 Å². The Morgan fingerprint density at radius 1 is 1.20 bits per heavy atom.